The molecule has 0 atom stereocenters. The van der Waals surface area contributed by atoms with Gasteiger partial charge < -0.3 is 0 Å². The molecule has 0 fully saturated rings. The number of hydrazone groups is 1. The third-order valence-electron chi connectivity index (χ3n) is 4.79. The largest absolute Gasteiger partial charge is 0.271 e. The van der Waals surface area contributed by atoms with Crippen LogP contribution >= 0.6 is 23.2 Å². The Bertz CT molecular complexity index is 1290. The minimum atomic E-state index is -4.11. The molecule has 6 nitrogen and oxygen atoms in total. The summed E-state index contributed by atoms with van der Waals surface area (Å²) in [5, 5.41) is 4.19. The lowest BCUT2D eigenvalue weighted by Crippen LogP contribution is -2.40. The Morgan fingerprint density at radius 3 is 2.33 bits per heavy atom. The molecule has 0 saturated heterocycles. The molecule has 1 N–H and O–H groups in total. The molecule has 3 aromatic rings. The van der Waals surface area contributed by atoms with E-state index in [2.05, 4.69) is 10.5 Å². The number of benzene rings is 3. The summed E-state index contributed by atoms with van der Waals surface area (Å²) < 4.78 is 41.7. The fraction of sp³-hybridized carbons (Fsp3) is 0.130. The standard InChI is InChI=1S/C23H20Cl2FN3O3S/c1-15-9-11-17(12-10-15)33(31,32)29(22-8-4-5-19(24)16(22)2)14-23(30)28-27-13-18-20(25)6-3-7-21(18)26/h3-13H,14H2,1-2H3,(H,28,30)/b27-13-. The van der Waals surface area contributed by atoms with E-state index in [9.17, 15) is 17.6 Å². The molecule has 0 aliphatic carbocycles. The van der Waals surface area contributed by atoms with Gasteiger partial charge in [0.15, 0.2) is 0 Å². The smallest absolute Gasteiger partial charge is 0.264 e. The fourth-order valence-electron chi connectivity index (χ4n) is 2.97. The SMILES string of the molecule is Cc1ccc(S(=O)(=O)N(CC(=O)N/N=C\c2c(F)cccc2Cl)c2cccc(Cl)c2C)cc1. The molecule has 3 rings (SSSR count). The highest BCUT2D eigenvalue weighted by atomic mass is 35.5. The molecule has 0 spiro atoms. The van der Waals surface area contributed by atoms with Crippen molar-refractivity contribution >= 4 is 51.0 Å². The number of rotatable bonds is 7. The van der Waals surface area contributed by atoms with E-state index in [4.69, 9.17) is 23.2 Å². The van der Waals surface area contributed by atoms with Crippen LogP contribution in [0.1, 0.15) is 16.7 Å². The van der Waals surface area contributed by atoms with Gasteiger partial charge in [-0.1, -0.05) is 53.0 Å². The first-order chi connectivity index (χ1) is 15.6. The van der Waals surface area contributed by atoms with Gasteiger partial charge in [-0.05, 0) is 55.8 Å². The van der Waals surface area contributed by atoms with Crippen LogP contribution < -0.4 is 9.73 Å². The molecule has 3 aromatic carbocycles. The number of hydrogen-bond acceptors (Lipinski definition) is 4. The topological polar surface area (TPSA) is 78.8 Å². The lowest BCUT2D eigenvalue weighted by atomic mass is 10.2. The van der Waals surface area contributed by atoms with Crippen molar-refractivity contribution in [2.45, 2.75) is 18.7 Å². The zero-order valence-corrected chi connectivity index (χ0v) is 20.0. The predicted molar refractivity (Wildman–Crippen MR) is 129 cm³/mol. The fourth-order valence-corrected chi connectivity index (χ4v) is 4.83. The molecule has 0 aliphatic rings. The number of hydrogen-bond donors (Lipinski definition) is 1. The summed E-state index contributed by atoms with van der Waals surface area (Å²) in [4.78, 5) is 12.6. The van der Waals surface area contributed by atoms with Crippen LogP contribution in [0, 0.1) is 19.7 Å². The molecule has 0 heterocycles. The maximum atomic E-state index is 13.9. The maximum absolute atomic E-state index is 13.9. The number of amides is 1. The first-order valence-electron chi connectivity index (χ1n) is 9.71. The first-order valence-corrected chi connectivity index (χ1v) is 11.9. The highest BCUT2D eigenvalue weighted by molar-refractivity contribution is 7.92. The van der Waals surface area contributed by atoms with Crippen molar-refractivity contribution in [1.82, 2.24) is 5.43 Å². The van der Waals surface area contributed by atoms with E-state index < -0.39 is 28.3 Å². The van der Waals surface area contributed by atoms with Gasteiger partial charge in [0, 0.05) is 10.6 Å². The summed E-state index contributed by atoms with van der Waals surface area (Å²) in [5.74, 6) is -1.35. The number of nitrogens with one attached hydrogen (secondary N) is 1. The van der Waals surface area contributed by atoms with E-state index in [1.807, 2.05) is 6.92 Å². The molecule has 172 valence electrons. The Hall–Kier alpha value is -2.94. The molecule has 0 radical (unpaired) electrons. The number of carbonyl (C=O) groups excluding carboxylic acids is 1. The van der Waals surface area contributed by atoms with E-state index in [-0.39, 0.29) is 21.2 Å². The molecule has 33 heavy (non-hydrogen) atoms. The highest BCUT2D eigenvalue weighted by Gasteiger charge is 2.28. The van der Waals surface area contributed by atoms with Gasteiger partial charge in [0.1, 0.15) is 12.4 Å². The van der Waals surface area contributed by atoms with Crippen LogP contribution in [0.4, 0.5) is 10.1 Å². The van der Waals surface area contributed by atoms with E-state index in [0.717, 1.165) is 16.1 Å². The van der Waals surface area contributed by atoms with Crippen LogP contribution in [0.3, 0.4) is 0 Å². The predicted octanol–water partition coefficient (Wildman–Crippen LogP) is 5.09. The lowest BCUT2D eigenvalue weighted by Gasteiger charge is -2.25. The number of anilines is 1. The molecular formula is C23H20Cl2FN3O3S. The van der Waals surface area contributed by atoms with Gasteiger partial charge in [0.2, 0.25) is 0 Å². The van der Waals surface area contributed by atoms with Crippen molar-refractivity contribution < 1.29 is 17.6 Å². The van der Waals surface area contributed by atoms with Crippen LogP contribution in [0.25, 0.3) is 0 Å². The van der Waals surface area contributed by atoms with E-state index in [1.54, 1.807) is 37.3 Å². The normalized spacial score (nSPS) is 11.5. The van der Waals surface area contributed by atoms with Crippen molar-refractivity contribution in [3.8, 4) is 0 Å². The van der Waals surface area contributed by atoms with Crippen molar-refractivity contribution in [2.75, 3.05) is 10.8 Å². The van der Waals surface area contributed by atoms with Crippen LogP contribution in [0.15, 0.2) is 70.7 Å². The molecule has 0 aromatic heterocycles. The van der Waals surface area contributed by atoms with Crippen molar-refractivity contribution in [2.24, 2.45) is 5.10 Å². The zero-order valence-electron chi connectivity index (χ0n) is 17.7. The van der Waals surface area contributed by atoms with Gasteiger partial charge in [-0.3, -0.25) is 9.10 Å². The Balaban J connectivity index is 1.91. The van der Waals surface area contributed by atoms with Gasteiger partial charge in [0.25, 0.3) is 15.9 Å². The third kappa shape index (κ3) is 5.71. The van der Waals surface area contributed by atoms with E-state index in [1.165, 1.54) is 30.3 Å². The average molecular weight is 508 g/mol. The molecule has 0 aliphatic heterocycles. The average Bonchev–Trinajstić information content (AvgIpc) is 2.76. The van der Waals surface area contributed by atoms with Gasteiger partial charge in [-0.25, -0.2) is 18.2 Å². The first kappa shape index (κ1) is 24.7. The monoisotopic (exact) mass is 507 g/mol. The van der Waals surface area contributed by atoms with Crippen molar-refractivity contribution in [3.63, 3.8) is 0 Å². The minimum absolute atomic E-state index is 0.00529. The molecule has 0 saturated carbocycles. The molecular weight excluding hydrogens is 488 g/mol. The van der Waals surface area contributed by atoms with Gasteiger partial charge in [-0.2, -0.15) is 5.10 Å². The number of sulfonamides is 1. The Morgan fingerprint density at radius 1 is 1.03 bits per heavy atom. The third-order valence-corrected chi connectivity index (χ3v) is 7.30. The number of aryl methyl sites for hydroxylation is 1. The van der Waals surface area contributed by atoms with Crippen LogP contribution in [0.2, 0.25) is 10.0 Å². The lowest BCUT2D eigenvalue weighted by molar-refractivity contribution is -0.119. The maximum Gasteiger partial charge on any atom is 0.264 e. The second kappa shape index (κ2) is 10.3. The molecule has 1 amide bonds. The van der Waals surface area contributed by atoms with Crippen molar-refractivity contribution in [3.05, 3.63) is 93.2 Å². The van der Waals surface area contributed by atoms with E-state index >= 15 is 0 Å². The summed E-state index contributed by atoms with van der Waals surface area (Å²) in [7, 11) is -4.11. The summed E-state index contributed by atoms with van der Waals surface area (Å²) in [6.07, 6.45) is 1.05. The van der Waals surface area contributed by atoms with Crippen molar-refractivity contribution in [1.29, 1.82) is 0 Å². The van der Waals surface area contributed by atoms with Crippen LogP contribution in [-0.4, -0.2) is 27.1 Å². The van der Waals surface area contributed by atoms with Gasteiger partial charge in [0.05, 0.1) is 21.8 Å². The minimum Gasteiger partial charge on any atom is -0.271 e. The summed E-state index contributed by atoms with van der Waals surface area (Å²) in [6.45, 7) is 2.91. The quantitative estimate of drug-likeness (QED) is 0.357. The summed E-state index contributed by atoms with van der Waals surface area (Å²) in [6, 6.07) is 15.2. The molecule has 0 unspecified atom stereocenters. The van der Waals surface area contributed by atoms with Crippen LogP contribution in [0.5, 0.6) is 0 Å². The Morgan fingerprint density at radius 2 is 1.67 bits per heavy atom. The van der Waals surface area contributed by atoms with Gasteiger partial charge >= 0.3 is 0 Å². The summed E-state index contributed by atoms with van der Waals surface area (Å²) in [5.41, 5.74) is 3.84. The number of carbonyl (C=O) groups is 1. The zero-order chi connectivity index (χ0) is 24.2. The second-order valence-corrected chi connectivity index (χ2v) is 9.81. The highest BCUT2D eigenvalue weighted by Crippen LogP contribution is 2.30. The van der Waals surface area contributed by atoms with Crippen LogP contribution in [-0.2, 0) is 14.8 Å². The molecule has 0 bridgehead atoms. The Labute approximate surface area is 201 Å². The number of nitrogens with zero attached hydrogens (tertiary/aromatic N) is 2. The molecule has 10 heteroatoms. The van der Waals surface area contributed by atoms with Gasteiger partial charge in [-0.15, -0.1) is 0 Å². The summed E-state index contributed by atoms with van der Waals surface area (Å²) >= 11 is 12.1. The second-order valence-electron chi connectivity index (χ2n) is 7.14. The van der Waals surface area contributed by atoms with E-state index in [0.29, 0.717) is 10.6 Å². The Kier molecular flexibility index (Phi) is 7.73. The number of halogens is 3.